The normalized spacial score (nSPS) is 11.2. The van der Waals surface area contributed by atoms with E-state index in [4.69, 9.17) is 16.0 Å². The second-order valence-electron chi connectivity index (χ2n) is 8.17. The number of aromatic nitrogens is 1. The maximum absolute atomic E-state index is 13.6. The number of hydrogen-bond acceptors (Lipinski definition) is 5. The van der Waals surface area contributed by atoms with Gasteiger partial charge in [-0.15, -0.1) is 0 Å². The number of primary amides is 1. The minimum atomic E-state index is -0.817. The Morgan fingerprint density at radius 1 is 0.972 bits per heavy atom. The van der Waals surface area contributed by atoms with Gasteiger partial charge in [-0.1, -0.05) is 48.5 Å². The largest absolute Gasteiger partial charge is 0.369 e. The highest BCUT2D eigenvalue weighted by atomic mass is 19.1. The van der Waals surface area contributed by atoms with Crippen molar-refractivity contribution in [3.63, 3.8) is 0 Å². The lowest BCUT2D eigenvalue weighted by molar-refractivity contribution is -0.118. The van der Waals surface area contributed by atoms with Gasteiger partial charge in [0.05, 0.1) is 34.9 Å². The van der Waals surface area contributed by atoms with Crippen LogP contribution < -0.4 is 11.1 Å². The molecule has 0 radical (unpaired) electrons. The number of halogens is 1. The van der Waals surface area contributed by atoms with E-state index in [2.05, 4.69) is 17.5 Å². The van der Waals surface area contributed by atoms with Gasteiger partial charge in [0, 0.05) is 17.7 Å². The van der Waals surface area contributed by atoms with Crippen LogP contribution in [0.4, 0.5) is 10.2 Å². The van der Waals surface area contributed by atoms with Crippen LogP contribution in [-0.4, -0.2) is 17.4 Å². The molecule has 7 heteroatoms. The Morgan fingerprint density at radius 2 is 1.75 bits per heavy atom. The number of nitrogens with zero attached hydrogens (tertiary/aromatic N) is 3. The van der Waals surface area contributed by atoms with Crippen molar-refractivity contribution in [3.8, 4) is 23.4 Å². The first-order valence-electron chi connectivity index (χ1n) is 11.3. The Kier molecular flexibility index (Phi) is 7.33. The minimum absolute atomic E-state index is 0.309. The molecule has 1 aromatic heterocycles. The van der Waals surface area contributed by atoms with Gasteiger partial charge in [-0.3, -0.25) is 4.79 Å². The zero-order valence-corrected chi connectivity index (χ0v) is 19.3. The monoisotopic (exact) mass is 475 g/mol. The third kappa shape index (κ3) is 5.38. The molecule has 3 aromatic carbocycles. The summed E-state index contributed by atoms with van der Waals surface area (Å²) in [7, 11) is 0. The summed E-state index contributed by atoms with van der Waals surface area (Å²) >= 11 is 0. The van der Waals surface area contributed by atoms with Gasteiger partial charge in [-0.25, -0.2) is 9.37 Å². The number of nitrogens with two attached hydrogens (primary N) is 1. The van der Waals surface area contributed by atoms with Crippen LogP contribution in [0.3, 0.4) is 0 Å². The van der Waals surface area contributed by atoms with E-state index in [0.717, 1.165) is 5.56 Å². The third-order valence-corrected chi connectivity index (χ3v) is 5.81. The van der Waals surface area contributed by atoms with E-state index in [9.17, 15) is 14.4 Å². The lowest BCUT2D eigenvalue weighted by atomic mass is 9.89. The first-order valence-corrected chi connectivity index (χ1v) is 11.3. The van der Waals surface area contributed by atoms with Crippen LogP contribution in [0.5, 0.6) is 0 Å². The molecule has 0 aliphatic heterocycles. The van der Waals surface area contributed by atoms with Gasteiger partial charge in [0.25, 0.3) is 0 Å². The van der Waals surface area contributed by atoms with Gasteiger partial charge < -0.3 is 11.1 Å². The summed E-state index contributed by atoms with van der Waals surface area (Å²) in [5.74, 6) is -1.26. The average molecular weight is 476 g/mol. The van der Waals surface area contributed by atoms with E-state index >= 15 is 0 Å². The standard InChI is InChI=1S/C29H22FN5O/c30-23-6-3-4-19(16-23)14-15-34-29-25(27(28(33)36)21-10-8-20(17-31)9-11-21)12-13-26(35-29)24-7-2-1-5-22(24)18-32/h1-13,16,27H,14-15H2,(H2,33,36)(H,34,35). The van der Waals surface area contributed by atoms with Gasteiger partial charge in [-0.2, -0.15) is 10.5 Å². The highest BCUT2D eigenvalue weighted by Crippen LogP contribution is 2.32. The molecule has 6 nitrogen and oxygen atoms in total. The number of hydrogen-bond donors (Lipinski definition) is 2. The Bertz CT molecular complexity index is 1490. The molecular formula is C29H22FN5O. The molecular weight excluding hydrogens is 453 g/mol. The third-order valence-electron chi connectivity index (χ3n) is 5.81. The summed E-state index contributed by atoms with van der Waals surface area (Å²) in [4.78, 5) is 17.4. The second-order valence-corrected chi connectivity index (χ2v) is 8.17. The molecule has 0 aliphatic rings. The molecule has 1 amide bonds. The fourth-order valence-corrected chi connectivity index (χ4v) is 4.06. The van der Waals surface area contributed by atoms with Crippen LogP contribution in [0, 0.1) is 28.5 Å². The van der Waals surface area contributed by atoms with Crippen molar-refractivity contribution in [1.82, 2.24) is 4.98 Å². The number of benzene rings is 3. The van der Waals surface area contributed by atoms with Crippen molar-refractivity contribution in [2.75, 3.05) is 11.9 Å². The van der Waals surface area contributed by atoms with E-state index in [1.54, 1.807) is 54.6 Å². The molecule has 176 valence electrons. The van der Waals surface area contributed by atoms with E-state index in [-0.39, 0.29) is 5.82 Å². The van der Waals surface area contributed by atoms with E-state index in [0.29, 0.717) is 52.3 Å². The van der Waals surface area contributed by atoms with Gasteiger partial charge in [-0.05, 0) is 53.9 Å². The van der Waals surface area contributed by atoms with Crippen molar-refractivity contribution < 1.29 is 9.18 Å². The molecule has 4 rings (SSSR count). The molecule has 3 N–H and O–H groups in total. The molecule has 0 spiro atoms. The molecule has 1 heterocycles. The Labute approximate surface area is 208 Å². The summed E-state index contributed by atoms with van der Waals surface area (Å²) in [6.45, 7) is 0.422. The van der Waals surface area contributed by atoms with Gasteiger partial charge in [0.15, 0.2) is 0 Å². The molecule has 36 heavy (non-hydrogen) atoms. The SMILES string of the molecule is N#Cc1ccc(C(C(N)=O)c2ccc(-c3ccccc3C#N)nc2NCCc2cccc(F)c2)cc1. The molecule has 1 atom stereocenters. The molecule has 0 saturated carbocycles. The predicted octanol–water partition coefficient (Wildman–Crippen LogP) is 4.90. The van der Waals surface area contributed by atoms with Crippen molar-refractivity contribution in [2.24, 2.45) is 5.73 Å². The lowest BCUT2D eigenvalue weighted by Gasteiger charge is -2.20. The number of rotatable bonds is 8. The van der Waals surface area contributed by atoms with E-state index < -0.39 is 11.8 Å². The molecule has 1 unspecified atom stereocenters. The fourth-order valence-electron chi connectivity index (χ4n) is 4.06. The highest BCUT2D eigenvalue weighted by molar-refractivity contribution is 5.87. The van der Waals surface area contributed by atoms with E-state index in [1.807, 2.05) is 18.2 Å². The number of carbonyl (C=O) groups is 1. The molecule has 4 aromatic rings. The first kappa shape index (κ1) is 24.1. The molecule has 0 fully saturated rings. The van der Waals surface area contributed by atoms with Gasteiger partial charge in [0.1, 0.15) is 11.6 Å². The summed E-state index contributed by atoms with van der Waals surface area (Å²) in [5, 5.41) is 21.9. The summed E-state index contributed by atoms with van der Waals surface area (Å²) in [6, 6.07) is 27.9. The smallest absolute Gasteiger partial charge is 0.229 e. The van der Waals surface area contributed by atoms with Crippen molar-refractivity contribution in [2.45, 2.75) is 12.3 Å². The fraction of sp³-hybridized carbons (Fsp3) is 0.103. The number of carbonyl (C=O) groups excluding carboxylic acids is 1. The Hall–Kier alpha value is -5.01. The van der Waals surface area contributed by atoms with Crippen molar-refractivity contribution in [3.05, 3.63) is 119 Å². The molecule has 0 aliphatic carbocycles. The number of pyridine rings is 1. The highest BCUT2D eigenvalue weighted by Gasteiger charge is 2.25. The number of amides is 1. The average Bonchev–Trinajstić information content (AvgIpc) is 2.90. The number of nitrogens with one attached hydrogen (secondary N) is 1. The molecule has 0 saturated heterocycles. The van der Waals surface area contributed by atoms with Crippen LogP contribution in [0.25, 0.3) is 11.3 Å². The van der Waals surface area contributed by atoms with Crippen LogP contribution in [-0.2, 0) is 11.2 Å². The molecule has 0 bridgehead atoms. The summed E-state index contributed by atoms with van der Waals surface area (Å²) < 4.78 is 13.6. The topological polar surface area (TPSA) is 116 Å². The number of anilines is 1. The van der Waals surface area contributed by atoms with Crippen molar-refractivity contribution in [1.29, 1.82) is 10.5 Å². The summed E-state index contributed by atoms with van der Waals surface area (Å²) in [5.41, 5.74) is 9.99. The maximum atomic E-state index is 13.6. The Balaban J connectivity index is 1.75. The van der Waals surface area contributed by atoms with Crippen LogP contribution in [0.1, 0.15) is 33.7 Å². The number of nitriles is 2. The quantitative estimate of drug-likeness (QED) is 0.376. The van der Waals surface area contributed by atoms with E-state index in [1.165, 1.54) is 12.1 Å². The van der Waals surface area contributed by atoms with Crippen LogP contribution >= 0.6 is 0 Å². The van der Waals surface area contributed by atoms with Crippen LogP contribution in [0.15, 0.2) is 84.9 Å². The van der Waals surface area contributed by atoms with Gasteiger partial charge >= 0.3 is 0 Å². The lowest BCUT2D eigenvalue weighted by Crippen LogP contribution is -2.24. The first-order chi connectivity index (χ1) is 17.5. The minimum Gasteiger partial charge on any atom is -0.369 e. The Morgan fingerprint density at radius 3 is 2.44 bits per heavy atom. The zero-order valence-electron chi connectivity index (χ0n) is 19.3. The van der Waals surface area contributed by atoms with Gasteiger partial charge in [0.2, 0.25) is 5.91 Å². The van der Waals surface area contributed by atoms with Crippen LogP contribution in [0.2, 0.25) is 0 Å². The zero-order chi connectivity index (χ0) is 25.5. The predicted molar refractivity (Wildman–Crippen MR) is 135 cm³/mol. The second kappa shape index (κ2) is 10.9. The van der Waals surface area contributed by atoms with Crippen molar-refractivity contribution >= 4 is 11.7 Å². The summed E-state index contributed by atoms with van der Waals surface area (Å²) in [6.07, 6.45) is 0.524. The maximum Gasteiger partial charge on any atom is 0.229 e.